The van der Waals surface area contributed by atoms with E-state index in [2.05, 4.69) is 50.8 Å². The third kappa shape index (κ3) is 2.16. The molecule has 0 fully saturated rings. The van der Waals surface area contributed by atoms with E-state index in [-0.39, 0.29) is 0 Å². The molecule has 108 valence electrons. The Balaban J connectivity index is 2.43. The van der Waals surface area contributed by atoms with Crippen LogP contribution in [0.4, 0.5) is 5.88 Å². The molecular weight excluding hydrogens is 377 g/mol. The zero-order valence-corrected chi connectivity index (χ0v) is 14.4. The van der Waals surface area contributed by atoms with E-state index in [9.17, 15) is 0 Å². The Morgan fingerprint density at radius 3 is 2.76 bits per heavy atom. The first-order valence-electron chi connectivity index (χ1n) is 6.64. The largest absolute Gasteiger partial charge is 0.439 e. The number of fused-ring (bicyclic) bond motifs is 1. The smallest absolute Gasteiger partial charge is 0.292 e. The van der Waals surface area contributed by atoms with Crippen LogP contribution in [0.3, 0.4) is 0 Å². The number of anilines is 1. The fraction of sp³-hybridized carbons (Fsp3) is 0.188. The summed E-state index contributed by atoms with van der Waals surface area (Å²) in [5.74, 6) is 1.55. The molecule has 4 nitrogen and oxygen atoms in total. The van der Waals surface area contributed by atoms with Crippen LogP contribution in [0.1, 0.15) is 11.1 Å². The van der Waals surface area contributed by atoms with Crippen molar-refractivity contribution in [2.24, 2.45) is 14.1 Å². The monoisotopic (exact) mass is 394 g/mol. The van der Waals surface area contributed by atoms with Crippen molar-refractivity contribution in [2.75, 3.05) is 5.73 Å². The number of benzene rings is 1. The average Bonchev–Trinajstić information content (AvgIpc) is 2.93. The third-order valence-corrected chi connectivity index (χ3v) is 4.13. The average molecular weight is 394 g/mol. The van der Waals surface area contributed by atoms with Crippen molar-refractivity contribution in [3.63, 3.8) is 0 Å². The number of nitrogens with two attached hydrogens (primary N) is 1. The predicted molar refractivity (Wildman–Crippen MR) is 94.0 cm³/mol. The number of furan rings is 1. The molecule has 2 aromatic heterocycles. The topological polar surface area (TPSA) is 48.0 Å². The quantitative estimate of drug-likeness (QED) is 0.534. The first kappa shape index (κ1) is 14.2. The lowest BCUT2D eigenvalue weighted by Crippen LogP contribution is -2.29. The third-order valence-electron chi connectivity index (χ3n) is 3.77. The summed E-state index contributed by atoms with van der Waals surface area (Å²) in [5.41, 5.74) is 10.1. The van der Waals surface area contributed by atoms with Crippen LogP contribution in [-0.2, 0) is 14.1 Å². The van der Waals surface area contributed by atoms with E-state index >= 15 is 0 Å². The summed E-state index contributed by atoms with van der Waals surface area (Å²) >= 11 is 2.19. The zero-order chi connectivity index (χ0) is 15.1. The molecule has 0 aliphatic rings. The number of hydrogen-bond donors (Lipinski definition) is 1. The molecule has 0 aliphatic carbocycles. The van der Waals surface area contributed by atoms with Crippen LogP contribution in [0.15, 0.2) is 33.0 Å². The van der Waals surface area contributed by atoms with Crippen LogP contribution in [0.25, 0.3) is 28.4 Å². The van der Waals surface area contributed by atoms with Gasteiger partial charge < -0.3 is 10.2 Å². The summed E-state index contributed by atoms with van der Waals surface area (Å²) in [6.45, 7) is 2.09. The molecule has 3 rings (SSSR count). The molecule has 0 saturated carbocycles. The normalized spacial score (nSPS) is 11.8. The van der Waals surface area contributed by atoms with Gasteiger partial charge in [0, 0.05) is 10.9 Å². The Hall–Kier alpha value is -1.76. The number of halogens is 1. The number of aryl methyl sites for hydroxylation is 3. The number of rotatable bonds is 2. The summed E-state index contributed by atoms with van der Waals surface area (Å²) < 4.78 is 12.0. The fourth-order valence-electron chi connectivity index (χ4n) is 2.75. The molecule has 0 aliphatic heterocycles. The van der Waals surface area contributed by atoms with Gasteiger partial charge in [-0.2, -0.15) is 0 Å². The summed E-state index contributed by atoms with van der Waals surface area (Å²) in [4.78, 5) is 0. The Morgan fingerprint density at radius 2 is 2.14 bits per heavy atom. The standard InChI is InChI=1S/C16H17IN3O/c1-10-4-5-11-12(6-7-17)15(18)21-14(11)13(10)16-19(2)8-9-20(16)3/h4-9H,18H2,1-3H3/q+1/b7-6-. The Labute approximate surface area is 137 Å². The maximum absolute atomic E-state index is 6.05. The first-order valence-corrected chi connectivity index (χ1v) is 7.88. The van der Waals surface area contributed by atoms with Crippen LogP contribution in [0.5, 0.6) is 0 Å². The molecule has 3 aromatic rings. The second kappa shape index (κ2) is 5.22. The fourth-order valence-corrected chi connectivity index (χ4v) is 3.11. The van der Waals surface area contributed by atoms with E-state index in [4.69, 9.17) is 10.2 Å². The molecule has 0 atom stereocenters. The van der Waals surface area contributed by atoms with Gasteiger partial charge >= 0.3 is 0 Å². The molecule has 0 radical (unpaired) electrons. The molecule has 1 aromatic carbocycles. The molecule has 0 spiro atoms. The molecule has 0 amide bonds. The number of nitrogens with zero attached hydrogens (tertiary/aromatic N) is 2. The van der Waals surface area contributed by atoms with Crippen LogP contribution in [0.2, 0.25) is 0 Å². The van der Waals surface area contributed by atoms with E-state index in [0.717, 1.165) is 27.9 Å². The van der Waals surface area contributed by atoms with Gasteiger partial charge in [0.25, 0.3) is 5.82 Å². The second-order valence-electron chi connectivity index (χ2n) is 5.15. The van der Waals surface area contributed by atoms with Crippen molar-refractivity contribution < 1.29 is 8.98 Å². The van der Waals surface area contributed by atoms with Crippen LogP contribution >= 0.6 is 22.6 Å². The lowest BCUT2D eigenvalue weighted by atomic mass is 10.0. The van der Waals surface area contributed by atoms with Crippen molar-refractivity contribution in [3.8, 4) is 11.4 Å². The highest BCUT2D eigenvalue weighted by atomic mass is 127. The molecule has 2 N–H and O–H groups in total. The molecule has 21 heavy (non-hydrogen) atoms. The Bertz CT molecular complexity index is 839. The van der Waals surface area contributed by atoms with Crippen molar-refractivity contribution >= 4 is 45.5 Å². The van der Waals surface area contributed by atoms with Crippen LogP contribution in [-0.4, -0.2) is 4.57 Å². The van der Waals surface area contributed by atoms with Gasteiger partial charge in [0.1, 0.15) is 18.0 Å². The highest BCUT2D eigenvalue weighted by Crippen LogP contribution is 2.37. The summed E-state index contributed by atoms with van der Waals surface area (Å²) in [7, 11) is 4.07. The van der Waals surface area contributed by atoms with Crippen molar-refractivity contribution in [2.45, 2.75) is 6.92 Å². The first-order chi connectivity index (χ1) is 10.0. The maximum Gasteiger partial charge on any atom is 0.292 e. The second-order valence-corrected chi connectivity index (χ2v) is 5.87. The molecule has 0 unspecified atom stereocenters. The van der Waals surface area contributed by atoms with Crippen molar-refractivity contribution in [3.05, 3.63) is 39.7 Å². The highest BCUT2D eigenvalue weighted by molar-refractivity contribution is 14.1. The lowest BCUT2D eigenvalue weighted by Gasteiger charge is -2.04. The zero-order valence-electron chi connectivity index (χ0n) is 12.2. The van der Waals surface area contributed by atoms with Gasteiger partial charge in [-0.15, -0.1) is 0 Å². The van der Waals surface area contributed by atoms with Crippen molar-refractivity contribution in [1.29, 1.82) is 0 Å². The number of hydrogen-bond acceptors (Lipinski definition) is 2. The molecule has 5 heteroatoms. The van der Waals surface area contributed by atoms with E-state index in [0.29, 0.717) is 5.88 Å². The Kier molecular flexibility index (Phi) is 3.52. The molecule has 2 heterocycles. The van der Waals surface area contributed by atoms with Gasteiger partial charge in [0.2, 0.25) is 0 Å². The summed E-state index contributed by atoms with van der Waals surface area (Å²) in [6.07, 6.45) is 6.04. The predicted octanol–water partition coefficient (Wildman–Crippen LogP) is 3.56. The minimum Gasteiger partial charge on any atom is -0.439 e. The van der Waals surface area contributed by atoms with E-state index in [1.807, 2.05) is 36.6 Å². The Morgan fingerprint density at radius 1 is 1.38 bits per heavy atom. The number of nitrogen functional groups attached to an aromatic ring is 1. The summed E-state index contributed by atoms with van der Waals surface area (Å²) in [6, 6.07) is 4.19. The lowest BCUT2D eigenvalue weighted by molar-refractivity contribution is -0.659. The van der Waals surface area contributed by atoms with Crippen molar-refractivity contribution in [1.82, 2.24) is 4.57 Å². The van der Waals surface area contributed by atoms with Crippen LogP contribution in [0, 0.1) is 6.92 Å². The minimum atomic E-state index is 0.460. The van der Waals surface area contributed by atoms with E-state index in [1.165, 1.54) is 5.56 Å². The van der Waals surface area contributed by atoms with Gasteiger partial charge in [-0.1, -0.05) is 34.7 Å². The van der Waals surface area contributed by atoms with Gasteiger partial charge in [0.05, 0.1) is 14.1 Å². The van der Waals surface area contributed by atoms with Gasteiger partial charge in [0.15, 0.2) is 11.5 Å². The highest BCUT2D eigenvalue weighted by Gasteiger charge is 2.23. The minimum absolute atomic E-state index is 0.460. The van der Waals surface area contributed by atoms with Gasteiger partial charge in [-0.05, 0) is 22.6 Å². The van der Waals surface area contributed by atoms with Crippen LogP contribution < -0.4 is 10.3 Å². The number of aromatic nitrogens is 2. The maximum atomic E-state index is 6.05. The van der Waals surface area contributed by atoms with E-state index in [1.54, 1.807) is 0 Å². The van der Waals surface area contributed by atoms with Gasteiger partial charge in [-0.25, -0.2) is 9.13 Å². The SMILES string of the molecule is Cc1ccc2c(/C=C\I)c(N)oc2c1-c1n(C)cc[n+]1C. The molecule has 0 bridgehead atoms. The molecule has 0 saturated heterocycles. The van der Waals surface area contributed by atoms with Gasteiger partial charge in [-0.3, -0.25) is 0 Å². The van der Waals surface area contributed by atoms with E-state index < -0.39 is 0 Å². The summed E-state index contributed by atoms with van der Waals surface area (Å²) in [5, 5.41) is 1.04. The number of imidazole rings is 1. The molecular formula is C16H17IN3O+.